The van der Waals surface area contributed by atoms with Gasteiger partial charge in [0.25, 0.3) is 0 Å². The molecule has 0 radical (unpaired) electrons. The average molecular weight is 494 g/mol. The fourth-order valence-corrected chi connectivity index (χ4v) is 6.66. The van der Waals surface area contributed by atoms with Crippen LogP contribution in [0.2, 0.25) is 0 Å². The number of fused-ring (bicyclic) bond motifs is 6. The number of para-hydroxylation sites is 1. The highest BCUT2D eigenvalue weighted by Gasteiger charge is 2.32. The van der Waals surface area contributed by atoms with Crippen molar-refractivity contribution >= 4 is 27.8 Å². The van der Waals surface area contributed by atoms with Gasteiger partial charge in [-0.05, 0) is 52.8 Å². The van der Waals surface area contributed by atoms with Gasteiger partial charge >= 0.3 is 0 Å². The van der Waals surface area contributed by atoms with E-state index in [4.69, 9.17) is 0 Å². The molecule has 8 rings (SSSR count). The van der Waals surface area contributed by atoms with E-state index >= 15 is 4.39 Å². The standard InChI is InChI=1S/C34H24FN3/c1-34(2,26-16-14-25-31-23(26)9-5-10-24(31)32-33(25)37-18-17-36-32)27-15-13-20(19-28(27)35)38-29-11-4-3-7-21(29)22-8-6-12-30(22)38/h3-7,9-19H,8H2,1-2H3. The van der Waals surface area contributed by atoms with E-state index < -0.39 is 5.41 Å². The molecule has 2 aliphatic carbocycles. The molecule has 4 aromatic carbocycles. The predicted octanol–water partition coefficient (Wildman–Crippen LogP) is 8.26. The van der Waals surface area contributed by atoms with Crippen molar-refractivity contribution in [2.75, 3.05) is 0 Å². The molecule has 0 fully saturated rings. The summed E-state index contributed by atoms with van der Waals surface area (Å²) in [5.74, 6) is -0.198. The van der Waals surface area contributed by atoms with Crippen molar-refractivity contribution in [1.82, 2.24) is 14.5 Å². The zero-order valence-electron chi connectivity index (χ0n) is 21.2. The van der Waals surface area contributed by atoms with Crippen LogP contribution >= 0.6 is 0 Å². The zero-order chi connectivity index (χ0) is 25.6. The minimum absolute atomic E-state index is 0.198. The molecular formula is C34H24FN3. The number of allylic oxidation sites excluding steroid dienone is 1. The van der Waals surface area contributed by atoms with E-state index in [9.17, 15) is 0 Å². The highest BCUT2D eigenvalue weighted by molar-refractivity contribution is 6.14. The van der Waals surface area contributed by atoms with Gasteiger partial charge in [0.1, 0.15) is 5.82 Å². The summed E-state index contributed by atoms with van der Waals surface area (Å²) in [5, 5.41) is 3.50. The Morgan fingerprint density at radius 1 is 0.789 bits per heavy atom. The van der Waals surface area contributed by atoms with Crippen molar-refractivity contribution in [2.24, 2.45) is 0 Å². The molecule has 0 atom stereocenters. The number of halogens is 1. The number of nitrogens with zero attached hydrogens (tertiary/aromatic N) is 3. The Balaban J connectivity index is 1.29. The van der Waals surface area contributed by atoms with Crippen molar-refractivity contribution in [3.8, 4) is 28.2 Å². The largest absolute Gasteiger partial charge is 0.309 e. The molecule has 6 aromatic rings. The topological polar surface area (TPSA) is 30.7 Å². The van der Waals surface area contributed by atoms with E-state index in [1.807, 2.05) is 12.1 Å². The Morgan fingerprint density at radius 2 is 1.53 bits per heavy atom. The van der Waals surface area contributed by atoms with E-state index in [0.717, 1.165) is 62.2 Å². The van der Waals surface area contributed by atoms with Gasteiger partial charge in [0, 0.05) is 45.4 Å². The van der Waals surface area contributed by atoms with Gasteiger partial charge in [0.2, 0.25) is 0 Å². The Kier molecular flexibility index (Phi) is 4.24. The highest BCUT2D eigenvalue weighted by atomic mass is 19.1. The van der Waals surface area contributed by atoms with Crippen molar-refractivity contribution in [3.63, 3.8) is 0 Å². The lowest BCUT2D eigenvalue weighted by atomic mass is 9.75. The van der Waals surface area contributed by atoms with Crippen LogP contribution < -0.4 is 0 Å². The molecule has 4 heteroatoms. The van der Waals surface area contributed by atoms with Crippen LogP contribution in [-0.2, 0) is 11.8 Å². The van der Waals surface area contributed by atoms with Gasteiger partial charge in [-0.2, -0.15) is 0 Å². The van der Waals surface area contributed by atoms with E-state index in [1.165, 1.54) is 10.9 Å². The fourth-order valence-electron chi connectivity index (χ4n) is 6.66. The summed E-state index contributed by atoms with van der Waals surface area (Å²) in [7, 11) is 0. The SMILES string of the molecule is CC(C)(c1ccc(-n2c3c(c4ccccc42)CC=C3)cc1F)c1ccc2c3c(cccc13)-c1nccnc1-2. The third-order valence-corrected chi connectivity index (χ3v) is 8.42. The summed E-state index contributed by atoms with van der Waals surface area (Å²) in [6.45, 7) is 4.22. The third kappa shape index (κ3) is 2.72. The first-order valence-electron chi connectivity index (χ1n) is 13.0. The first kappa shape index (κ1) is 21.5. The average Bonchev–Trinajstić information content (AvgIpc) is 3.62. The first-order chi connectivity index (χ1) is 18.5. The normalized spacial score (nSPS) is 13.4. The summed E-state index contributed by atoms with van der Waals surface area (Å²) < 4.78 is 18.3. The molecule has 0 unspecified atom stereocenters. The van der Waals surface area contributed by atoms with E-state index in [1.54, 1.807) is 18.5 Å². The Morgan fingerprint density at radius 3 is 2.34 bits per heavy atom. The van der Waals surface area contributed by atoms with Gasteiger partial charge in [0.05, 0.1) is 22.6 Å². The number of hydrogen-bond acceptors (Lipinski definition) is 2. The van der Waals surface area contributed by atoms with E-state index in [2.05, 4.69) is 95.1 Å². The molecule has 2 aromatic heterocycles. The molecule has 0 bridgehead atoms. The molecule has 2 aliphatic rings. The summed E-state index contributed by atoms with van der Waals surface area (Å²) in [5.41, 5.74) is 9.64. The monoisotopic (exact) mass is 493 g/mol. The quantitative estimate of drug-likeness (QED) is 0.248. The number of aromatic nitrogens is 3. The van der Waals surface area contributed by atoms with Crippen LogP contribution in [0.1, 0.15) is 36.2 Å². The Bertz CT molecular complexity index is 1960. The maximum atomic E-state index is 16.1. The molecule has 0 spiro atoms. The Labute approximate surface area is 219 Å². The minimum Gasteiger partial charge on any atom is -0.309 e. The second kappa shape index (κ2) is 7.48. The zero-order valence-corrected chi connectivity index (χ0v) is 21.2. The van der Waals surface area contributed by atoms with Crippen LogP contribution in [0.25, 0.3) is 56.0 Å². The number of benzene rings is 4. The van der Waals surface area contributed by atoms with Crippen LogP contribution in [0.3, 0.4) is 0 Å². The van der Waals surface area contributed by atoms with Gasteiger partial charge in [-0.25, -0.2) is 4.39 Å². The molecular weight excluding hydrogens is 469 g/mol. The summed E-state index contributed by atoms with van der Waals surface area (Å²) in [4.78, 5) is 9.23. The minimum atomic E-state index is -0.560. The van der Waals surface area contributed by atoms with Gasteiger partial charge in [0.15, 0.2) is 0 Å². The van der Waals surface area contributed by atoms with E-state index in [0.29, 0.717) is 5.56 Å². The van der Waals surface area contributed by atoms with Crippen LogP contribution in [0, 0.1) is 5.82 Å². The molecule has 2 heterocycles. The molecule has 38 heavy (non-hydrogen) atoms. The fraction of sp³-hybridized carbons (Fsp3) is 0.118. The van der Waals surface area contributed by atoms with Crippen LogP contribution in [-0.4, -0.2) is 14.5 Å². The van der Waals surface area contributed by atoms with Crippen LogP contribution in [0.15, 0.2) is 91.3 Å². The predicted molar refractivity (Wildman–Crippen MR) is 152 cm³/mol. The maximum absolute atomic E-state index is 16.1. The molecule has 0 saturated carbocycles. The lowest BCUT2D eigenvalue weighted by Crippen LogP contribution is -2.21. The summed E-state index contributed by atoms with van der Waals surface area (Å²) in [6.07, 6.45) is 8.73. The molecule has 0 N–H and O–H groups in total. The van der Waals surface area contributed by atoms with Gasteiger partial charge < -0.3 is 4.57 Å². The second-order valence-electron chi connectivity index (χ2n) is 10.8. The summed E-state index contributed by atoms with van der Waals surface area (Å²) >= 11 is 0. The van der Waals surface area contributed by atoms with Crippen molar-refractivity contribution < 1.29 is 4.39 Å². The molecule has 3 nitrogen and oxygen atoms in total. The van der Waals surface area contributed by atoms with Crippen molar-refractivity contribution in [1.29, 1.82) is 0 Å². The lowest BCUT2D eigenvalue weighted by Gasteiger charge is -2.29. The number of rotatable bonds is 3. The molecule has 0 amide bonds. The molecule has 182 valence electrons. The van der Waals surface area contributed by atoms with Crippen molar-refractivity contribution in [3.05, 3.63) is 119 Å². The molecule has 0 saturated heterocycles. The molecule has 0 aliphatic heterocycles. The lowest BCUT2D eigenvalue weighted by molar-refractivity contribution is 0.550. The van der Waals surface area contributed by atoms with E-state index in [-0.39, 0.29) is 5.82 Å². The highest BCUT2D eigenvalue weighted by Crippen LogP contribution is 2.48. The number of hydrogen-bond donors (Lipinski definition) is 0. The smallest absolute Gasteiger partial charge is 0.129 e. The second-order valence-corrected chi connectivity index (χ2v) is 10.8. The van der Waals surface area contributed by atoms with Gasteiger partial charge in [-0.1, -0.05) is 74.5 Å². The van der Waals surface area contributed by atoms with Gasteiger partial charge in [-0.3, -0.25) is 9.97 Å². The Hall–Kier alpha value is -4.57. The maximum Gasteiger partial charge on any atom is 0.129 e. The first-order valence-corrected chi connectivity index (χ1v) is 13.0. The van der Waals surface area contributed by atoms with Gasteiger partial charge in [-0.15, -0.1) is 0 Å². The van der Waals surface area contributed by atoms with Crippen LogP contribution in [0.5, 0.6) is 0 Å². The van der Waals surface area contributed by atoms with Crippen molar-refractivity contribution in [2.45, 2.75) is 25.7 Å². The summed E-state index contributed by atoms with van der Waals surface area (Å²) in [6, 6.07) is 24.7. The third-order valence-electron chi connectivity index (χ3n) is 8.42. The van der Waals surface area contributed by atoms with Crippen LogP contribution in [0.4, 0.5) is 4.39 Å².